The van der Waals surface area contributed by atoms with Crippen molar-refractivity contribution in [2.75, 3.05) is 14.1 Å². The van der Waals surface area contributed by atoms with Crippen molar-refractivity contribution in [1.29, 1.82) is 0 Å². The Bertz CT molecular complexity index is 1150. The van der Waals surface area contributed by atoms with Gasteiger partial charge in [0.15, 0.2) is 0 Å². The van der Waals surface area contributed by atoms with Crippen molar-refractivity contribution >= 4 is 21.6 Å². The topological polar surface area (TPSA) is 83.8 Å². The number of alkyl halides is 3. The van der Waals surface area contributed by atoms with Gasteiger partial charge in [-0.2, -0.15) is 13.2 Å². The summed E-state index contributed by atoms with van der Waals surface area (Å²) in [6, 6.07) is 7.60. The number of hydrogen-bond acceptors (Lipinski definition) is 4. The minimum atomic E-state index is -4.46. The average Bonchev–Trinajstić information content (AvgIpc) is 3.07. The van der Waals surface area contributed by atoms with E-state index in [-0.39, 0.29) is 17.0 Å². The molecular formula is C18H17F3N4O3S. The van der Waals surface area contributed by atoms with Crippen molar-refractivity contribution in [3.63, 3.8) is 0 Å². The van der Waals surface area contributed by atoms with Gasteiger partial charge >= 0.3 is 6.18 Å². The summed E-state index contributed by atoms with van der Waals surface area (Å²) in [6.07, 6.45) is -2.13. The molecule has 2 heterocycles. The summed E-state index contributed by atoms with van der Waals surface area (Å²) in [5.74, 6) is -0.466. The van der Waals surface area contributed by atoms with Crippen LogP contribution in [0.5, 0.6) is 0 Å². The van der Waals surface area contributed by atoms with Crippen LogP contribution in [0.25, 0.3) is 5.65 Å². The number of amides is 1. The lowest BCUT2D eigenvalue weighted by Crippen LogP contribution is -2.24. The number of sulfonamides is 1. The molecule has 0 aliphatic rings. The number of carbonyl (C=O) groups is 1. The molecule has 0 aliphatic heterocycles. The zero-order valence-corrected chi connectivity index (χ0v) is 16.3. The van der Waals surface area contributed by atoms with Crippen LogP contribution in [0.3, 0.4) is 0 Å². The van der Waals surface area contributed by atoms with Gasteiger partial charge in [-0.05, 0) is 36.4 Å². The molecule has 0 unspecified atom stereocenters. The van der Waals surface area contributed by atoms with Crippen LogP contribution in [-0.4, -0.2) is 42.1 Å². The number of rotatable bonds is 5. The summed E-state index contributed by atoms with van der Waals surface area (Å²) in [5.41, 5.74) is 0.140. The van der Waals surface area contributed by atoms with Gasteiger partial charge in [-0.1, -0.05) is 0 Å². The zero-order chi connectivity index (χ0) is 21.4. The van der Waals surface area contributed by atoms with Gasteiger partial charge in [0.1, 0.15) is 5.65 Å². The highest BCUT2D eigenvalue weighted by Gasteiger charge is 2.30. The first kappa shape index (κ1) is 20.8. The molecule has 0 saturated carbocycles. The minimum absolute atomic E-state index is 0.000385. The summed E-state index contributed by atoms with van der Waals surface area (Å²) in [5, 5.41) is 2.61. The second kappa shape index (κ2) is 7.48. The molecule has 0 bridgehead atoms. The number of hydrogen-bond donors (Lipinski definition) is 1. The molecular weight excluding hydrogens is 409 g/mol. The number of benzene rings is 1. The Balaban J connectivity index is 1.70. The van der Waals surface area contributed by atoms with Gasteiger partial charge in [0.2, 0.25) is 10.0 Å². The van der Waals surface area contributed by atoms with E-state index < -0.39 is 27.7 Å². The molecule has 0 spiro atoms. The van der Waals surface area contributed by atoms with E-state index in [2.05, 4.69) is 10.3 Å². The molecule has 2 aromatic heterocycles. The standard InChI is InChI=1S/C18H17F3N4O3S/c1-24(2)29(27,28)15-6-3-12(4-7-15)17(26)22-9-14-11-25-10-13(18(19,20)21)5-8-16(25)23-14/h3-8,10-11H,9H2,1-2H3,(H,22,26). The SMILES string of the molecule is CN(C)S(=O)(=O)c1ccc(C(=O)NCc2cn3cc(C(F)(F)F)ccc3n2)cc1. The lowest BCUT2D eigenvalue weighted by Gasteiger charge is -2.11. The summed E-state index contributed by atoms with van der Waals surface area (Å²) >= 11 is 0. The molecule has 3 rings (SSSR count). The summed E-state index contributed by atoms with van der Waals surface area (Å²) in [6.45, 7) is -0.000385. The number of imidazole rings is 1. The largest absolute Gasteiger partial charge is 0.417 e. The molecule has 0 fully saturated rings. The van der Waals surface area contributed by atoms with E-state index in [0.29, 0.717) is 11.3 Å². The Morgan fingerprint density at radius 2 is 1.76 bits per heavy atom. The van der Waals surface area contributed by atoms with Crippen molar-refractivity contribution in [2.24, 2.45) is 0 Å². The third kappa shape index (κ3) is 4.40. The van der Waals surface area contributed by atoms with Crippen LogP contribution >= 0.6 is 0 Å². The Morgan fingerprint density at radius 3 is 2.34 bits per heavy atom. The molecule has 1 N–H and O–H groups in total. The number of halogens is 3. The molecule has 1 aromatic carbocycles. The van der Waals surface area contributed by atoms with Crippen LogP contribution in [0.1, 0.15) is 21.6 Å². The number of nitrogens with one attached hydrogen (secondary N) is 1. The molecule has 154 valence electrons. The minimum Gasteiger partial charge on any atom is -0.346 e. The molecule has 0 radical (unpaired) electrons. The van der Waals surface area contributed by atoms with Gasteiger partial charge < -0.3 is 9.72 Å². The Labute approximate surface area is 164 Å². The van der Waals surface area contributed by atoms with Gasteiger partial charge in [-0.15, -0.1) is 0 Å². The van der Waals surface area contributed by atoms with Crippen molar-refractivity contribution in [1.82, 2.24) is 19.0 Å². The van der Waals surface area contributed by atoms with E-state index in [0.717, 1.165) is 16.6 Å². The van der Waals surface area contributed by atoms with Gasteiger partial charge in [-0.25, -0.2) is 17.7 Å². The molecule has 0 atom stereocenters. The Kier molecular flexibility index (Phi) is 5.37. The van der Waals surface area contributed by atoms with E-state index in [4.69, 9.17) is 0 Å². The second-order valence-corrected chi connectivity index (χ2v) is 8.56. The number of carbonyl (C=O) groups excluding carboxylic acids is 1. The van der Waals surface area contributed by atoms with Crippen LogP contribution in [0.2, 0.25) is 0 Å². The molecule has 11 heteroatoms. The Morgan fingerprint density at radius 1 is 1.10 bits per heavy atom. The van der Waals surface area contributed by atoms with E-state index in [1.165, 1.54) is 55.0 Å². The van der Waals surface area contributed by atoms with E-state index in [1.54, 1.807) is 0 Å². The highest BCUT2D eigenvalue weighted by molar-refractivity contribution is 7.89. The fourth-order valence-corrected chi connectivity index (χ4v) is 3.46. The highest BCUT2D eigenvalue weighted by atomic mass is 32.2. The first-order valence-corrected chi connectivity index (χ1v) is 9.78. The van der Waals surface area contributed by atoms with E-state index >= 15 is 0 Å². The maximum absolute atomic E-state index is 12.8. The van der Waals surface area contributed by atoms with Gasteiger partial charge in [-0.3, -0.25) is 4.79 Å². The van der Waals surface area contributed by atoms with Crippen molar-refractivity contribution < 1.29 is 26.4 Å². The van der Waals surface area contributed by atoms with Gasteiger partial charge in [0.05, 0.1) is 22.7 Å². The number of aromatic nitrogens is 2. The van der Waals surface area contributed by atoms with Crippen LogP contribution in [0.4, 0.5) is 13.2 Å². The predicted octanol–water partition coefficient (Wildman–Crippen LogP) is 2.53. The second-order valence-electron chi connectivity index (χ2n) is 6.41. The molecule has 29 heavy (non-hydrogen) atoms. The summed E-state index contributed by atoms with van der Waals surface area (Å²) < 4.78 is 64.7. The maximum atomic E-state index is 12.8. The number of pyridine rings is 1. The molecule has 0 aliphatic carbocycles. The van der Waals surface area contributed by atoms with Crippen LogP contribution in [-0.2, 0) is 22.7 Å². The predicted molar refractivity (Wildman–Crippen MR) is 98.7 cm³/mol. The fourth-order valence-electron chi connectivity index (χ4n) is 2.56. The van der Waals surface area contributed by atoms with Crippen LogP contribution in [0.15, 0.2) is 53.7 Å². The summed E-state index contributed by atoms with van der Waals surface area (Å²) in [7, 11) is -0.784. The maximum Gasteiger partial charge on any atom is 0.417 e. The highest BCUT2D eigenvalue weighted by Crippen LogP contribution is 2.29. The number of fused-ring (bicyclic) bond motifs is 1. The van der Waals surface area contributed by atoms with Gasteiger partial charge in [0, 0.05) is 32.1 Å². The summed E-state index contributed by atoms with van der Waals surface area (Å²) in [4.78, 5) is 16.5. The average molecular weight is 426 g/mol. The molecule has 7 nitrogen and oxygen atoms in total. The quantitative estimate of drug-likeness (QED) is 0.680. The van der Waals surface area contributed by atoms with Crippen molar-refractivity contribution in [3.8, 4) is 0 Å². The first-order valence-electron chi connectivity index (χ1n) is 8.34. The molecule has 0 saturated heterocycles. The normalized spacial score (nSPS) is 12.5. The van der Waals surface area contributed by atoms with Crippen molar-refractivity contribution in [2.45, 2.75) is 17.6 Å². The molecule has 1 amide bonds. The molecule has 3 aromatic rings. The third-order valence-electron chi connectivity index (χ3n) is 4.15. The van der Waals surface area contributed by atoms with E-state index in [9.17, 15) is 26.4 Å². The zero-order valence-electron chi connectivity index (χ0n) is 15.4. The van der Waals surface area contributed by atoms with Gasteiger partial charge in [0.25, 0.3) is 5.91 Å². The van der Waals surface area contributed by atoms with E-state index in [1.807, 2.05) is 0 Å². The van der Waals surface area contributed by atoms with Crippen LogP contribution < -0.4 is 5.32 Å². The lowest BCUT2D eigenvalue weighted by molar-refractivity contribution is -0.137. The number of nitrogens with zero attached hydrogens (tertiary/aromatic N) is 3. The van der Waals surface area contributed by atoms with Crippen LogP contribution in [0, 0.1) is 0 Å². The monoisotopic (exact) mass is 426 g/mol. The fraction of sp³-hybridized carbons (Fsp3) is 0.222. The smallest absolute Gasteiger partial charge is 0.346 e. The first-order chi connectivity index (χ1) is 13.5. The third-order valence-corrected chi connectivity index (χ3v) is 5.98. The lowest BCUT2D eigenvalue weighted by atomic mass is 10.2. The Hall–Kier alpha value is -2.92. The van der Waals surface area contributed by atoms with Crippen molar-refractivity contribution in [3.05, 3.63) is 65.6 Å².